The number of aromatic nitrogens is 1. The molecule has 1 heterocycles. The van der Waals surface area contributed by atoms with Crippen LogP contribution in [0.2, 0.25) is 5.02 Å². The summed E-state index contributed by atoms with van der Waals surface area (Å²) in [7, 11) is 0. The van der Waals surface area contributed by atoms with Crippen LogP contribution in [-0.4, -0.2) is 10.9 Å². The molecule has 0 aliphatic carbocycles. The van der Waals surface area contributed by atoms with Gasteiger partial charge in [0.2, 0.25) is 0 Å². The van der Waals surface area contributed by atoms with Crippen LogP contribution in [0, 0.1) is 12.7 Å². The molecule has 4 nitrogen and oxygen atoms in total. The lowest BCUT2D eigenvalue weighted by molar-refractivity contribution is 0.0951. The average molecular weight is 370 g/mol. The Morgan fingerprint density at radius 2 is 1.92 bits per heavy atom. The molecule has 0 unspecified atom stereocenters. The van der Waals surface area contributed by atoms with E-state index in [0.717, 1.165) is 16.8 Å². The largest absolute Gasteiger partial charge is 0.348 e. The maximum atomic E-state index is 12.9. The van der Waals surface area contributed by atoms with Gasteiger partial charge in [-0.3, -0.25) is 4.79 Å². The molecular formula is C20H17ClFN3O. The van der Waals surface area contributed by atoms with Gasteiger partial charge in [-0.1, -0.05) is 29.8 Å². The number of nitrogens with one attached hydrogen (secondary N) is 2. The van der Waals surface area contributed by atoms with Gasteiger partial charge in [-0.15, -0.1) is 0 Å². The van der Waals surface area contributed by atoms with Gasteiger partial charge >= 0.3 is 0 Å². The predicted octanol–water partition coefficient (Wildman–Crippen LogP) is 4.86. The van der Waals surface area contributed by atoms with Gasteiger partial charge in [-0.2, -0.15) is 0 Å². The lowest BCUT2D eigenvalue weighted by atomic mass is 10.2. The number of anilines is 2. The van der Waals surface area contributed by atoms with Gasteiger partial charge < -0.3 is 10.6 Å². The summed E-state index contributed by atoms with van der Waals surface area (Å²) in [6.07, 6.45) is 1.56. The molecule has 26 heavy (non-hydrogen) atoms. The number of rotatable bonds is 5. The Hall–Kier alpha value is -2.92. The Bertz CT molecular complexity index is 929. The van der Waals surface area contributed by atoms with E-state index in [2.05, 4.69) is 15.6 Å². The Labute approximate surface area is 156 Å². The lowest BCUT2D eigenvalue weighted by Crippen LogP contribution is -2.22. The molecule has 132 valence electrons. The Kier molecular flexibility index (Phi) is 5.49. The number of hydrogen-bond acceptors (Lipinski definition) is 3. The number of halogens is 2. The van der Waals surface area contributed by atoms with E-state index < -0.39 is 0 Å². The van der Waals surface area contributed by atoms with Gasteiger partial charge in [0, 0.05) is 29.0 Å². The second kappa shape index (κ2) is 7.97. The van der Waals surface area contributed by atoms with Crippen molar-refractivity contribution >= 4 is 29.0 Å². The number of nitrogens with zero attached hydrogens (tertiary/aromatic N) is 1. The van der Waals surface area contributed by atoms with Crippen LogP contribution in [0.15, 0.2) is 60.8 Å². The molecule has 2 aromatic carbocycles. The van der Waals surface area contributed by atoms with Crippen molar-refractivity contribution in [3.05, 3.63) is 88.3 Å². The molecule has 6 heteroatoms. The molecule has 0 aliphatic rings. The van der Waals surface area contributed by atoms with Crippen molar-refractivity contribution in [3.8, 4) is 0 Å². The summed E-state index contributed by atoms with van der Waals surface area (Å²) in [5, 5.41) is 6.64. The van der Waals surface area contributed by atoms with E-state index in [-0.39, 0.29) is 11.7 Å². The second-order valence-electron chi connectivity index (χ2n) is 5.78. The standard InChI is InChI=1S/C20H17ClFN3O/c1-13-17(21)3-2-4-18(13)25-19-11-15(9-10-23-19)20(26)24-12-14-5-7-16(22)8-6-14/h2-11H,12H2,1H3,(H,23,25)(H,24,26). The SMILES string of the molecule is Cc1c(Cl)cccc1Nc1cc(C(=O)NCc2ccc(F)cc2)ccn1. The van der Waals surface area contributed by atoms with Crippen molar-refractivity contribution in [2.75, 3.05) is 5.32 Å². The van der Waals surface area contributed by atoms with Gasteiger partial charge in [0.1, 0.15) is 11.6 Å². The monoisotopic (exact) mass is 369 g/mol. The average Bonchev–Trinajstić information content (AvgIpc) is 2.65. The molecule has 0 saturated carbocycles. The van der Waals surface area contributed by atoms with Crippen molar-refractivity contribution in [2.45, 2.75) is 13.5 Å². The van der Waals surface area contributed by atoms with E-state index in [1.54, 1.807) is 30.5 Å². The maximum Gasteiger partial charge on any atom is 0.251 e. The number of pyridine rings is 1. The highest BCUT2D eigenvalue weighted by Crippen LogP contribution is 2.25. The fourth-order valence-electron chi connectivity index (χ4n) is 2.41. The number of benzene rings is 2. The van der Waals surface area contributed by atoms with Gasteiger partial charge in [0.15, 0.2) is 0 Å². The quantitative estimate of drug-likeness (QED) is 0.675. The zero-order valence-corrected chi connectivity index (χ0v) is 14.8. The van der Waals surface area contributed by atoms with Crippen molar-refractivity contribution < 1.29 is 9.18 Å². The first kappa shape index (κ1) is 17.9. The third kappa shape index (κ3) is 4.37. The summed E-state index contributed by atoms with van der Waals surface area (Å²) in [5.41, 5.74) is 3.03. The summed E-state index contributed by atoms with van der Waals surface area (Å²) < 4.78 is 12.9. The summed E-state index contributed by atoms with van der Waals surface area (Å²) >= 11 is 6.12. The van der Waals surface area contributed by atoms with Crippen molar-refractivity contribution in [1.29, 1.82) is 0 Å². The summed E-state index contributed by atoms with van der Waals surface area (Å²) in [5.74, 6) is 0.00799. The van der Waals surface area contributed by atoms with Gasteiger partial charge in [-0.05, 0) is 54.4 Å². The minimum absolute atomic E-state index is 0.234. The minimum atomic E-state index is -0.304. The first-order chi connectivity index (χ1) is 12.5. The molecule has 0 radical (unpaired) electrons. The van der Waals surface area contributed by atoms with Crippen molar-refractivity contribution in [1.82, 2.24) is 10.3 Å². The molecule has 0 bridgehead atoms. The fourth-order valence-corrected chi connectivity index (χ4v) is 2.58. The molecule has 0 atom stereocenters. The van der Waals surface area contributed by atoms with Crippen LogP contribution in [0.1, 0.15) is 21.5 Å². The molecule has 0 spiro atoms. The van der Waals surface area contributed by atoms with Gasteiger partial charge in [0.25, 0.3) is 5.91 Å². The van der Waals surface area contributed by atoms with Crippen LogP contribution in [-0.2, 0) is 6.54 Å². The maximum absolute atomic E-state index is 12.9. The number of amides is 1. The molecule has 3 rings (SSSR count). The molecule has 1 aromatic heterocycles. The number of carbonyl (C=O) groups is 1. The fraction of sp³-hybridized carbons (Fsp3) is 0.100. The van der Waals surface area contributed by atoms with E-state index in [9.17, 15) is 9.18 Å². The normalized spacial score (nSPS) is 10.4. The Morgan fingerprint density at radius 1 is 1.15 bits per heavy atom. The summed E-state index contributed by atoms with van der Waals surface area (Å²) in [6, 6.07) is 14.9. The summed E-state index contributed by atoms with van der Waals surface area (Å²) in [4.78, 5) is 16.6. The van der Waals surface area contributed by atoms with Crippen LogP contribution in [0.3, 0.4) is 0 Å². The minimum Gasteiger partial charge on any atom is -0.348 e. The lowest BCUT2D eigenvalue weighted by Gasteiger charge is -2.11. The second-order valence-corrected chi connectivity index (χ2v) is 6.18. The van der Waals surface area contributed by atoms with E-state index in [0.29, 0.717) is 22.9 Å². The Morgan fingerprint density at radius 3 is 2.69 bits per heavy atom. The van der Waals surface area contributed by atoms with E-state index in [1.807, 2.05) is 25.1 Å². The molecule has 0 saturated heterocycles. The van der Waals surface area contributed by atoms with Crippen LogP contribution in [0.25, 0.3) is 0 Å². The van der Waals surface area contributed by atoms with Gasteiger partial charge in [-0.25, -0.2) is 9.37 Å². The summed E-state index contributed by atoms with van der Waals surface area (Å²) in [6.45, 7) is 2.22. The van der Waals surface area contributed by atoms with Crippen molar-refractivity contribution in [2.24, 2.45) is 0 Å². The van der Waals surface area contributed by atoms with Crippen LogP contribution in [0.4, 0.5) is 15.9 Å². The van der Waals surface area contributed by atoms with E-state index in [4.69, 9.17) is 11.6 Å². The zero-order chi connectivity index (χ0) is 18.5. The first-order valence-electron chi connectivity index (χ1n) is 8.04. The predicted molar refractivity (Wildman–Crippen MR) is 101 cm³/mol. The molecule has 1 amide bonds. The highest BCUT2D eigenvalue weighted by Gasteiger charge is 2.08. The molecule has 0 aliphatic heterocycles. The number of hydrogen-bond donors (Lipinski definition) is 2. The van der Waals surface area contributed by atoms with Crippen LogP contribution >= 0.6 is 11.6 Å². The molecule has 3 aromatic rings. The highest BCUT2D eigenvalue weighted by molar-refractivity contribution is 6.31. The van der Waals surface area contributed by atoms with Gasteiger partial charge in [0.05, 0.1) is 0 Å². The topological polar surface area (TPSA) is 54.0 Å². The van der Waals surface area contributed by atoms with Crippen LogP contribution in [0.5, 0.6) is 0 Å². The molecule has 0 fully saturated rings. The first-order valence-corrected chi connectivity index (χ1v) is 8.41. The smallest absolute Gasteiger partial charge is 0.251 e. The Balaban J connectivity index is 1.69. The van der Waals surface area contributed by atoms with E-state index >= 15 is 0 Å². The third-order valence-corrected chi connectivity index (χ3v) is 4.33. The van der Waals surface area contributed by atoms with Crippen LogP contribution < -0.4 is 10.6 Å². The van der Waals surface area contributed by atoms with Crippen molar-refractivity contribution in [3.63, 3.8) is 0 Å². The zero-order valence-electron chi connectivity index (χ0n) is 14.1. The highest BCUT2D eigenvalue weighted by atomic mass is 35.5. The number of carbonyl (C=O) groups excluding carboxylic acids is 1. The third-order valence-electron chi connectivity index (χ3n) is 3.92. The molecule has 2 N–H and O–H groups in total. The molecular weight excluding hydrogens is 353 g/mol. The van der Waals surface area contributed by atoms with E-state index in [1.165, 1.54) is 12.1 Å².